The maximum atomic E-state index is 2.35. The third kappa shape index (κ3) is 5.33. The molecule has 1 aliphatic rings. The Morgan fingerprint density at radius 1 is 0.548 bits per heavy atom. The molecule has 0 saturated heterocycles. The number of benzene rings is 3. The van der Waals surface area contributed by atoms with Crippen LogP contribution in [0.1, 0.15) is 48.1 Å². The second kappa shape index (κ2) is 9.35. The Hall–Kier alpha value is -3.12. The normalized spacial score (nSPS) is 13.9. The molecule has 0 N–H and O–H groups in total. The zero-order chi connectivity index (χ0) is 21.8. The van der Waals surface area contributed by atoms with Crippen molar-refractivity contribution in [2.75, 3.05) is 0 Å². The lowest BCUT2D eigenvalue weighted by Crippen LogP contribution is -1.91. The van der Waals surface area contributed by atoms with Gasteiger partial charge >= 0.3 is 0 Å². The summed E-state index contributed by atoms with van der Waals surface area (Å²) < 4.78 is 0. The van der Waals surface area contributed by atoms with Gasteiger partial charge in [-0.05, 0) is 97.0 Å². The minimum atomic E-state index is 0.983. The van der Waals surface area contributed by atoms with Gasteiger partial charge in [0.05, 0.1) is 0 Å². The Labute approximate surface area is 187 Å². The van der Waals surface area contributed by atoms with E-state index in [9.17, 15) is 0 Å². The summed E-state index contributed by atoms with van der Waals surface area (Å²) in [7, 11) is 0. The van der Waals surface area contributed by atoms with E-state index >= 15 is 0 Å². The van der Waals surface area contributed by atoms with E-state index in [-0.39, 0.29) is 0 Å². The highest BCUT2D eigenvalue weighted by molar-refractivity contribution is 5.64. The maximum Gasteiger partial charge on any atom is -0.00257 e. The van der Waals surface area contributed by atoms with Gasteiger partial charge in [-0.3, -0.25) is 0 Å². The lowest BCUT2D eigenvalue weighted by Gasteiger charge is -2.08. The summed E-state index contributed by atoms with van der Waals surface area (Å²) in [6, 6.07) is 24.8. The van der Waals surface area contributed by atoms with Gasteiger partial charge < -0.3 is 0 Å². The van der Waals surface area contributed by atoms with Crippen LogP contribution in [0.5, 0.6) is 0 Å². The van der Waals surface area contributed by atoms with E-state index in [1.165, 1.54) is 55.7 Å². The summed E-state index contributed by atoms with van der Waals surface area (Å²) in [6.07, 6.45) is 10.0. The van der Waals surface area contributed by atoms with Gasteiger partial charge in [-0.2, -0.15) is 0 Å². The third-order valence-corrected chi connectivity index (χ3v) is 6.46. The molecule has 4 rings (SSSR count). The predicted molar refractivity (Wildman–Crippen MR) is 135 cm³/mol. The van der Waals surface area contributed by atoms with Gasteiger partial charge in [-0.15, -0.1) is 0 Å². The van der Waals surface area contributed by atoms with Crippen LogP contribution in [0.3, 0.4) is 0 Å². The van der Waals surface area contributed by atoms with Crippen molar-refractivity contribution in [3.05, 3.63) is 129 Å². The Morgan fingerprint density at radius 2 is 1.13 bits per heavy atom. The van der Waals surface area contributed by atoms with E-state index in [1.54, 1.807) is 0 Å². The monoisotopic (exact) mass is 404 g/mol. The van der Waals surface area contributed by atoms with Crippen molar-refractivity contribution in [1.29, 1.82) is 0 Å². The van der Waals surface area contributed by atoms with Crippen molar-refractivity contribution < 1.29 is 0 Å². The second-order valence-corrected chi connectivity index (χ2v) is 8.90. The Kier molecular flexibility index (Phi) is 6.37. The molecule has 31 heavy (non-hydrogen) atoms. The second-order valence-electron chi connectivity index (χ2n) is 8.90. The largest absolute Gasteiger partial charge is 0.0775 e. The minimum absolute atomic E-state index is 0.983. The molecule has 156 valence electrons. The van der Waals surface area contributed by atoms with Crippen molar-refractivity contribution in [3.8, 4) is 11.1 Å². The average Bonchev–Trinajstić information content (AvgIpc) is 2.92. The molecule has 0 radical (unpaired) electrons. The van der Waals surface area contributed by atoms with Crippen LogP contribution in [0.15, 0.2) is 102 Å². The fourth-order valence-electron chi connectivity index (χ4n) is 4.14. The van der Waals surface area contributed by atoms with E-state index in [2.05, 4.69) is 113 Å². The van der Waals surface area contributed by atoms with Crippen molar-refractivity contribution in [2.45, 2.75) is 47.0 Å². The standard InChI is InChI=1S/C31H32/c1-22-6-5-7-28(18-24(22)3)20-26-10-14-30(15-11-26)31-16-12-27(13-17-31)21-29-9-8-23(2)25(4)19-29/h6-19H,5,20-21H2,1-4H3. The molecule has 0 nitrogen and oxygen atoms in total. The first-order valence-corrected chi connectivity index (χ1v) is 11.3. The van der Waals surface area contributed by atoms with Gasteiger partial charge in [0.25, 0.3) is 0 Å². The Morgan fingerprint density at radius 3 is 1.74 bits per heavy atom. The van der Waals surface area contributed by atoms with Crippen molar-refractivity contribution in [3.63, 3.8) is 0 Å². The third-order valence-electron chi connectivity index (χ3n) is 6.46. The zero-order valence-electron chi connectivity index (χ0n) is 19.2. The number of rotatable bonds is 5. The molecule has 0 unspecified atom stereocenters. The first kappa shape index (κ1) is 21.1. The van der Waals surface area contributed by atoms with Crippen LogP contribution in [-0.4, -0.2) is 0 Å². The number of hydrogen-bond donors (Lipinski definition) is 0. The molecule has 3 aromatic rings. The van der Waals surface area contributed by atoms with E-state index in [0.717, 1.165) is 19.3 Å². The van der Waals surface area contributed by atoms with Crippen molar-refractivity contribution >= 4 is 0 Å². The molecule has 0 aromatic heterocycles. The smallest absolute Gasteiger partial charge is 0.00257 e. The molecule has 0 spiro atoms. The fourth-order valence-corrected chi connectivity index (χ4v) is 4.14. The maximum absolute atomic E-state index is 2.35. The summed E-state index contributed by atoms with van der Waals surface area (Å²) in [5.41, 5.74) is 13.6. The fraction of sp³-hybridized carbons (Fsp3) is 0.226. The molecule has 0 atom stereocenters. The summed E-state index contributed by atoms with van der Waals surface area (Å²) >= 11 is 0. The van der Waals surface area contributed by atoms with Gasteiger partial charge in [0, 0.05) is 0 Å². The van der Waals surface area contributed by atoms with Crippen molar-refractivity contribution in [2.24, 2.45) is 0 Å². The van der Waals surface area contributed by atoms with E-state index in [1.807, 2.05) is 0 Å². The first-order valence-electron chi connectivity index (χ1n) is 11.3. The van der Waals surface area contributed by atoms with Crippen LogP contribution < -0.4 is 0 Å². The molecule has 0 fully saturated rings. The highest BCUT2D eigenvalue weighted by atomic mass is 14.1. The molecule has 0 amide bonds. The first-order chi connectivity index (χ1) is 15.0. The van der Waals surface area contributed by atoms with E-state index < -0.39 is 0 Å². The van der Waals surface area contributed by atoms with Crippen molar-refractivity contribution in [1.82, 2.24) is 0 Å². The Balaban J connectivity index is 1.43. The van der Waals surface area contributed by atoms with Crippen LogP contribution in [0, 0.1) is 13.8 Å². The molecule has 0 heteroatoms. The molecule has 1 aliphatic carbocycles. The van der Waals surface area contributed by atoms with Crippen LogP contribution >= 0.6 is 0 Å². The van der Waals surface area contributed by atoms with Crippen LogP contribution in [-0.2, 0) is 12.8 Å². The molecule has 0 bridgehead atoms. The van der Waals surface area contributed by atoms with Crippen LogP contribution in [0.25, 0.3) is 11.1 Å². The number of aryl methyl sites for hydroxylation is 2. The van der Waals surface area contributed by atoms with Gasteiger partial charge in [0.2, 0.25) is 0 Å². The van der Waals surface area contributed by atoms with Gasteiger partial charge in [-0.1, -0.05) is 90.5 Å². The van der Waals surface area contributed by atoms with Gasteiger partial charge in [0.1, 0.15) is 0 Å². The van der Waals surface area contributed by atoms with E-state index in [0.29, 0.717) is 0 Å². The topological polar surface area (TPSA) is 0 Å². The molecular weight excluding hydrogens is 372 g/mol. The molecule has 3 aromatic carbocycles. The molecular formula is C31H32. The van der Waals surface area contributed by atoms with Crippen LogP contribution in [0.2, 0.25) is 0 Å². The highest BCUT2D eigenvalue weighted by Gasteiger charge is 2.05. The van der Waals surface area contributed by atoms with Gasteiger partial charge in [-0.25, -0.2) is 0 Å². The molecule has 0 aliphatic heterocycles. The summed E-state index contributed by atoms with van der Waals surface area (Å²) in [6.45, 7) is 8.76. The highest BCUT2D eigenvalue weighted by Crippen LogP contribution is 2.24. The quantitative estimate of drug-likeness (QED) is 0.401. The summed E-state index contributed by atoms with van der Waals surface area (Å²) in [5.74, 6) is 0. The zero-order valence-corrected chi connectivity index (χ0v) is 19.2. The minimum Gasteiger partial charge on any atom is -0.0775 e. The van der Waals surface area contributed by atoms with Crippen LogP contribution in [0.4, 0.5) is 0 Å². The number of allylic oxidation sites excluding steroid dienone is 6. The Bertz CT molecular complexity index is 1150. The molecule has 0 heterocycles. The van der Waals surface area contributed by atoms with E-state index in [4.69, 9.17) is 0 Å². The lowest BCUT2D eigenvalue weighted by atomic mass is 9.97. The van der Waals surface area contributed by atoms with Gasteiger partial charge in [0.15, 0.2) is 0 Å². The molecule has 0 saturated carbocycles. The summed E-state index contributed by atoms with van der Waals surface area (Å²) in [5, 5.41) is 0. The summed E-state index contributed by atoms with van der Waals surface area (Å²) in [4.78, 5) is 0. The predicted octanol–water partition coefficient (Wildman–Crippen LogP) is 8.33. The number of hydrogen-bond acceptors (Lipinski definition) is 0. The SMILES string of the molecule is CC1=CCC=C(Cc2ccc(-c3ccc(Cc4ccc(C)c(C)c4)cc3)cc2)C=C1C. The average molecular weight is 405 g/mol. The lowest BCUT2D eigenvalue weighted by molar-refractivity contribution is 1.17.